The summed E-state index contributed by atoms with van der Waals surface area (Å²) < 4.78 is 5.90. The Balaban J connectivity index is 1.84. The quantitative estimate of drug-likeness (QED) is 0.790. The molecule has 0 aromatic heterocycles. The van der Waals surface area contributed by atoms with Crippen molar-refractivity contribution >= 4 is 23.4 Å². The minimum Gasteiger partial charge on any atom is -0.361 e. The highest BCUT2D eigenvalue weighted by atomic mass is 35.5. The Morgan fingerprint density at radius 1 is 1.26 bits per heavy atom. The molecule has 0 saturated carbocycles. The minimum absolute atomic E-state index is 0.0216. The van der Waals surface area contributed by atoms with Crippen LogP contribution in [0.15, 0.2) is 24.3 Å². The first-order valence-electron chi connectivity index (χ1n) is 7.97. The Kier molecular flexibility index (Phi) is 4.60. The van der Waals surface area contributed by atoms with E-state index in [9.17, 15) is 9.59 Å². The zero-order valence-corrected chi connectivity index (χ0v) is 14.0. The lowest BCUT2D eigenvalue weighted by molar-refractivity contribution is -0.166. The van der Waals surface area contributed by atoms with Crippen LogP contribution in [0.3, 0.4) is 0 Å². The zero-order chi connectivity index (χ0) is 16.4. The molecule has 2 aliphatic rings. The molecule has 2 heterocycles. The van der Waals surface area contributed by atoms with Crippen LogP contribution in [0.5, 0.6) is 0 Å². The first-order valence-corrected chi connectivity index (χ1v) is 8.35. The summed E-state index contributed by atoms with van der Waals surface area (Å²) in [5, 5.41) is 0.433. The Labute approximate surface area is 141 Å². The third-order valence-electron chi connectivity index (χ3n) is 4.64. The molecule has 0 aliphatic carbocycles. The van der Waals surface area contributed by atoms with Crippen molar-refractivity contribution in [2.45, 2.75) is 24.9 Å². The van der Waals surface area contributed by atoms with Crippen LogP contribution in [-0.2, 0) is 9.53 Å². The molecule has 1 unspecified atom stereocenters. The number of benzene rings is 1. The fourth-order valence-corrected chi connectivity index (χ4v) is 3.58. The summed E-state index contributed by atoms with van der Waals surface area (Å²) in [5.41, 5.74) is -0.430. The summed E-state index contributed by atoms with van der Waals surface area (Å²) in [4.78, 5) is 28.9. The number of carbonyl (C=O) groups excluding carboxylic acids is 2. The van der Waals surface area contributed by atoms with Crippen LogP contribution in [0.2, 0.25) is 5.02 Å². The fourth-order valence-electron chi connectivity index (χ4n) is 3.36. The number of halogens is 1. The first kappa shape index (κ1) is 16.3. The van der Waals surface area contributed by atoms with E-state index < -0.39 is 5.60 Å². The van der Waals surface area contributed by atoms with E-state index in [0.29, 0.717) is 36.7 Å². The van der Waals surface area contributed by atoms with Gasteiger partial charge in [0.25, 0.3) is 11.8 Å². The summed E-state index contributed by atoms with van der Waals surface area (Å²) in [6.07, 6.45) is 2.54. The molecule has 0 N–H and O–H groups in total. The number of hydrogen-bond acceptors (Lipinski definition) is 3. The highest BCUT2D eigenvalue weighted by Crippen LogP contribution is 2.30. The second kappa shape index (κ2) is 6.49. The number of likely N-dealkylation sites (tertiary alicyclic amines) is 1. The van der Waals surface area contributed by atoms with Gasteiger partial charge in [0.1, 0.15) is 0 Å². The Morgan fingerprint density at radius 2 is 2.04 bits per heavy atom. The van der Waals surface area contributed by atoms with Gasteiger partial charge in [-0.25, -0.2) is 0 Å². The highest BCUT2D eigenvalue weighted by molar-refractivity contribution is 6.33. The summed E-state index contributed by atoms with van der Waals surface area (Å²) >= 11 is 6.14. The third-order valence-corrected chi connectivity index (χ3v) is 4.97. The second-order valence-electron chi connectivity index (χ2n) is 6.23. The lowest BCUT2D eigenvalue weighted by atomic mass is 9.94. The normalized spacial score (nSPS) is 25.6. The van der Waals surface area contributed by atoms with E-state index in [0.717, 1.165) is 19.4 Å². The topological polar surface area (TPSA) is 49.9 Å². The molecule has 2 aliphatic heterocycles. The SMILES string of the molecule is CN1CCCCC2(CN(C(=O)c3ccccc3Cl)CCO2)C1=O. The average molecular weight is 337 g/mol. The summed E-state index contributed by atoms with van der Waals surface area (Å²) in [5.74, 6) is -0.162. The molecule has 1 spiro atoms. The van der Waals surface area contributed by atoms with Crippen molar-refractivity contribution in [3.8, 4) is 0 Å². The van der Waals surface area contributed by atoms with Crippen LogP contribution in [0, 0.1) is 0 Å². The van der Waals surface area contributed by atoms with E-state index in [1.807, 2.05) is 0 Å². The van der Waals surface area contributed by atoms with Gasteiger partial charge in [-0.15, -0.1) is 0 Å². The molecule has 124 valence electrons. The molecule has 23 heavy (non-hydrogen) atoms. The molecule has 5 nitrogen and oxygen atoms in total. The number of likely N-dealkylation sites (N-methyl/N-ethyl adjacent to an activating group) is 1. The molecular weight excluding hydrogens is 316 g/mol. The Morgan fingerprint density at radius 3 is 2.83 bits per heavy atom. The zero-order valence-electron chi connectivity index (χ0n) is 13.3. The maximum atomic E-state index is 12.8. The van der Waals surface area contributed by atoms with E-state index >= 15 is 0 Å². The van der Waals surface area contributed by atoms with Gasteiger partial charge in [0.2, 0.25) is 0 Å². The van der Waals surface area contributed by atoms with Crippen molar-refractivity contribution in [1.82, 2.24) is 9.80 Å². The average Bonchev–Trinajstić information content (AvgIpc) is 2.69. The number of ether oxygens (including phenoxy) is 1. The van der Waals surface area contributed by atoms with Gasteiger partial charge in [0.05, 0.1) is 23.7 Å². The number of rotatable bonds is 1. The van der Waals surface area contributed by atoms with Crippen molar-refractivity contribution in [2.75, 3.05) is 33.3 Å². The maximum Gasteiger partial charge on any atom is 0.256 e. The van der Waals surface area contributed by atoms with Crippen molar-refractivity contribution < 1.29 is 14.3 Å². The van der Waals surface area contributed by atoms with E-state index in [1.54, 1.807) is 41.1 Å². The number of amides is 2. The Hall–Kier alpha value is -1.59. The molecule has 1 aromatic carbocycles. The molecule has 0 bridgehead atoms. The Bertz CT molecular complexity index is 622. The van der Waals surface area contributed by atoms with Gasteiger partial charge in [0, 0.05) is 20.1 Å². The van der Waals surface area contributed by atoms with Crippen LogP contribution >= 0.6 is 11.6 Å². The number of hydrogen-bond donors (Lipinski definition) is 0. The van der Waals surface area contributed by atoms with Crippen LogP contribution in [0.1, 0.15) is 29.6 Å². The lowest BCUT2D eigenvalue weighted by Gasteiger charge is -2.42. The third kappa shape index (κ3) is 3.08. The van der Waals surface area contributed by atoms with Gasteiger partial charge in [-0.1, -0.05) is 23.7 Å². The molecule has 2 saturated heterocycles. The van der Waals surface area contributed by atoms with Gasteiger partial charge >= 0.3 is 0 Å². The van der Waals surface area contributed by atoms with Gasteiger partial charge in [0.15, 0.2) is 5.60 Å². The van der Waals surface area contributed by atoms with Crippen LogP contribution in [0.25, 0.3) is 0 Å². The fraction of sp³-hybridized carbons (Fsp3) is 0.529. The minimum atomic E-state index is -0.902. The van der Waals surface area contributed by atoms with E-state index in [1.165, 1.54) is 0 Å². The monoisotopic (exact) mass is 336 g/mol. The van der Waals surface area contributed by atoms with Crippen molar-refractivity contribution in [3.05, 3.63) is 34.9 Å². The molecule has 3 rings (SSSR count). The van der Waals surface area contributed by atoms with Crippen LogP contribution in [-0.4, -0.2) is 60.5 Å². The number of carbonyl (C=O) groups is 2. The van der Waals surface area contributed by atoms with Crippen molar-refractivity contribution in [2.24, 2.45) is 0 Å². The molecular formula is C17H21ClN2O3. The second-order valence-corrected chi connectivity index (χ2v) is 6.64. The molecule has 1 aromatic rings. The van der Waals surface area contributed by atoms with Gasteiger partial charge in [-0.2, -0.15) is 0 Å². The standard InChI is InChI=1S/C17H21ClN2O3/c1-19-9-5-4-8-17(16(19)22)12-20(10-11-23-17)15(21)13-6-2-3-7-14(13)18/h2-3,6-7H,4-5,8-12H2,1H3. The number of nitrogens with zero attached hydrogens (tertiary/aromatic N) is 2. The lowest BCUT2D eigenvalue weighted by Crippen LogP contribution is -2.60. The molecule has 1 atom stereocenters. The molecule has 2 amide bonds. The summed E-state index contributed by atoms with van der Waals surface area (Å²) in [6, 6.07) is 7.01. The number of morpholine rings is 1. The van der Waals surface area contributed by atoms with Crippen LogP contribution < -0.4 is 0 Å². The molecule has 6 heteroatoms. The first-order chi connectivity index (χ1) is 11.0. The van der Waals surface area contributed by atoms with E-state index in [-0.39, 0.29) is 11.8 Å². The maximum absolute atomic E-state index is 12.8. The van der Waals surface area contributed by atoms with E-state index in [2.05, 4.69) is 0 Å². The molecule has 2 fully saturated rings. The van der Waals surface area contributed by atoms with Gasteiger partial charge in [-0.3, -0.25) is 9.59 Å². The molecule has 0 radical (unpaired) electrons. The van der Waals surface area contributed by atoms with Gasteiger partial charge < -0.3 is 14.5 Å². The van der Waals surface area contributed by atoms with E-state index in [4.69, 9.17) is 16.3 Å². The summed E-state index contributed by atoms with van der Waals surface area (Å²) in [6.45, 7) is 1.88. The summed E-state index contributed by atoms with van der Waals surface area (Å²) in [7, 11) is 1.80. The smallest absolute Gasteiger partial charge is 0.256 e. The highest BCUT2D eigenvalue weighted by Gasteiger charge is 2.47. The predicted molar refractivity (Wildman–Crippen MR) is 87.5 cm³/mol. The van der Waals surface area contributed by atoms with Gasteiger partial charge in [-0.05, 0) is 31.4 Å². The largest absolute Gasteiger partial charge is 0.361 e. The van der Waals surface area contributed by atoms with Crippen molar-refractivity contribution in [3.63, 3.8) is 0 Å². The predicted octanol–water partition coefficient (Wildman–Crippen LogP) is 2.19. The van der Waals surface area contributed by atoms with Crippen molar-refractivity contribution in [1.29, 1.82) is 0 Å². The van der Waals surface area contributed by atoms with Crippen LogP contribution in [0.4, 0.5) is 0 Å².